The van der Waals surface area contributed by atoms with Crippen molar-refractivity contribution >= 4 is 11.9 Å². The number of benzene rings is 1. The molecule has 0 unspecified atom stereocenters. The molecule has 2 rings (SSSR count). The summed E-state index contributed by atoms with van der Waals surface area (Å²) in [4.78, 5) is 15.7. The zero-order chi connectivity index (χ0) is 12.4. The minimum Gasteiger partial charge on any atom is -0.432 e. The molecule has 0 saturated heterocycles. The number of halogens is 1. The summed E-state index contributed by atoms with van der Waals surface area (Å²) in [5, 5.41) is 2.39. The van der Waals surface area contributed by atoms with Gasteiger partial charge in [-0.15, -0.1) is 0 Å². The van der Waals surface area contributed by atoms with Gasteiger partial charge in [-0.2, -0.15) is 4.98 Å². The van der Waals surface area contributed by atoms with Gasteiger partial charge in [0.2, 0.25) is 0 Å². The molecule has 5 heteroatoms. The quantitative estimate of drug-likeness (QED) is 0.869. The average molecular weight is 234 g/mol. The van der Waals surface area contributed by atoms with E-state index in [9.17, 15) is 9.18 Å². The lowest BCUT2D eigenvalue weighted by Gasteiger charge is -2.03. The van der Waals surface area contributed by atoms with Crippen molar-refractivity contribution in [1.29, 1.82) is 0 Å². The van der Waals surface area contributed by atoms with E-state index in [0.717, 1.165) is 5.56 Å². The summed E-state index contributed by atoms with van der Waals surface area (Å²) in [5.74, 6) is -1.15. The molecule has 1 heterocycles. The van der Waals surface area contributed by atoms with Crippen molar-refractivity contribution in [3.8, 4) is 0 Å². The van der Waals surface area contributed by atoms with Gasteiger partial charge in [0.05, 0.1) is 11.3 Å². The Morgan fingerprint density at radius 3 is 2.82 bits per heavy atom. The number of nitrogens with one attached hydrogen (secondary N) is 1. The number of amides is 1. The second kappa shape index (κ2) is 4.37. The van der Waals surface area contributed by atoms with E-state index < -0.39 is 11.7 Å². The van der Waals surface area contributed by atoms with Crippen molar-refractivity contribution in [2.75, 3.05) is 5.32 Å². The zero-order valence-corrected chi connectivity index (χ0v) is 9.45. The number of hydrogen-bond acceptors (Lipinski definition) is 3. The van der Waals surface area contributed by atoms with Crippen molar-refractivity contribution in [1.82, 2.24) is 4.98 Å². The molecule has 17 heavy (non-hydrogen) atoms. The van der Waals surface area contributed by atoms with Gasteiger partial charge in [-0.05, 0) is 26.0 Å². The highest BCUT2D eigenvalue weighted by Crippen LogP contribution is 2.13. The Morgan fingerprint density at radius 2 is 2.18 bits per heavy atom. The first-order chi connectivity index (χ1) is 8.06. The first-order valence-electron chi connectivity index (χ1n) is 5.06. The third-order valence-corrected chi connectivity index (χ3v) is 2.21. The monoisotopic (exact) mass is 234 g/mol. The largest absolute Gasteiger partial charge is 0.432 e. The van der Waals surface area contributed by atoms with E-state index in [1.165, 1.54) is 18.4 Å². The van der Waals surface area contributed by atoms with E-state index in [0.29, 0.717) is 5.69 Å². The summed E-state index contributed by atoms with van der Waals surface area (Å²) in [5.41, 5.74) is 1.42. The minimum absolute atomic E-state index is 0.0270. The third kappa shape index (κ3) is 2.50. The van der Waals surface area contributed by atoms with Gasteiger partial charge < -0.3 is 4.42 Å². The second-order valence-electron chi connectivity index (χ2n) is 3.73. The van der Waals surface area contributed by atoms with Crippen LogP contribution in [0.4, 0.5) is 10.4 Å². The molecular formula is C12H11FN2O2. The zero-order valence-electron chi connectivity index (χ0n) is 9.45. The Hall–Kier alpha value is -2.17. The Bertz CT molecular complexity index is 563. The maximum atomic E-state index is 13.4. The van der Waals surface area contributed by atoms with Gasteiger partial charge in [0.25, 0.3) is 5.91 Å². The highest BCUT2D eigenvalue weighted by atomic mass is 19.1. The van der Waals surface area contributed by atoms with E-state index in [4.69, 9.17) is 4.42 Å². The number of carbonyl (C=O) groups is 1. The van der Waals surface area contributed by atoms with Crippen LogP contribution in [-0.4, -0.2) is 10.9 Å². The van der Waals surface area contributed by atoms with Gasteiger partial charge >= 0.3 is 6.01 Å². The van der Waals surface area contributed by atoms with Crippen LogP contribution in [0.1, 0.15) is 21.6 Å². The Morgan fingerprint density at radius 1 is 1.41 bits per heavy atom. The minimum atomic E-state index is -0.576. The van der Waals surface area contributed by atoms with Crippen LogP contribution in [0.15, 0.2) is 28.9 Å². The molecule has 0 aliphatic heterocycles. The van der Waals surface area contributed by atoms with E-state index in [2.05, 4.69) is 10.3 Å². The molecule has 1 amide bonds. The topological polar surface area (TPSA) is 55.1 Å². The molecule has 1 N–H and O–H groups in total. The number of hydrogen-bond donors (Lipinski definition) is 1. The maximum Gasteiger partial charge on any atom is 0.301 e. The van der Waals surface area contributed by atoms with Crippen LogP contribution in [0, 0.1) is 19.7 Å². The predicted molar refractivity (Wildman–Crippen MR) is 60.3 cm³/mol. The molecule has 88 valence electrons. The molecule has 0 aliphatic rings. The molecule has 2 aromatic rings. The molecule has 0 atom stereocenters. The highest BCUT2D eigenvalue weighted by molar-refractivity contribution is 6.03. The van der Waals surface area contributed by atoms with Gasteiger partial charge in [-0.3, -0.25) is 10.1 Å². The lowest BCUT2D eigenvalue weighted by Crippen LogP contribution is -2.14. The van der Waals surface area contributed by atoms with Crippen molar-refractivity contribution in [2.45, 2.75) is 13.8 Å². The summed E-state index contributed by atoms with van der Waals surface area (Å²) in [6.07, 6.45) is 1.40. The standard InChI is InChI=1S/C12H11FN2O2/c1-7-3-4-10(13)9(5-7)11(16)15-12-14-8(2)6-17-12/h3-6H,1-2H3,(H,14,15,16). The Balaban J connectivity index is 2.22. The fourth-order valence-electron chi connectivity index (χ4n) is 1.39. The van der Waals surface area contributed by atoms with Crippen LogP contribution in [0.2, 0.25) is 0 Å². The van der Waals surface area contributed by atoms with Crippen LogP contribution >= 0.6 is 0 Å². The highest BCUT2D eigenvalue weighted by Gasteiger charge is 2.14. The fourth-order valence-corrected chi connectivity index (χ4v) is 1.39. The number of rotatable bonds is 2. The van der Waals surface area contributed by atoms with Crippen LogP contribution < -0.4 is 5.32 Å². The van der Waals surface area contributed by atoms with Crippen molar-refractivity contribution in [3.63, 3.8) is 0 Å². The number of nitrogens with zero attached hydrogens (tertiary/aromatic N) is 1. The third-order valence-electron chi connectivity index (χ3n) is 2.21. The van der Waals surface area contributed by atoms with Crippen molar-refractivity contribution in [2.24, 2.45) is 0 Å². The van der Waals surface area contributed by atoms with Crippen LogP contribution in [-0.2, 0) is 0 Å². The summed E-state index contributed by atoms with van der Waals surface area (Å²) in [6.45, 7) is 3.51. The molecule has 4 nitrogen and oxygen atoms in total. The van der Waals surface area contributed by atoms with Gasteiger partial charge in [0.1, 0.15) is 12.1 Å². The SMILES string of the molecule is Cc1ccc(F)c(C(=O)Nc2nc(C)co2)c1. The number of anilines is 1. The summed E-state index contributed by atoms with van der Waals surface area (Å²) in [6, 6.07) is 4.39. The summed E-state index contributed by atoms with van der Waals surface area (Å²) >= 11 is 0. The van der Waals surface area contributed by atoms with E-state index in [-0.39, 0.29) is 11.6 Å². The van der Waals surface area contributed by atoms with Gasteiger partial charge in [0.15, 0.2) is 0 Å². The number of aromatic nitrogens is 1. The molecule has 0 saturated carbocycles. The molecule has 0 spiro atoms. The average Bonchev–Trinajstić information content (AvgIpc) is 2.67. The fraction of sp³-hybridized carbons (Fsp3) is 0.167. The van der Waals surface area contributed by atoms with Crippen molar-refractivity contribution < 1.29 is 13.6 Å². The normalized spacial score (nSPS) is 10.3. The lowest BCUT2D eigenvalue weighted by atomic mass is 10.1. The lowest BCUT2D eigenvalue weighted by molar-refractivity contribution is 0.102. The maximum absolute atomic E-state index is 13.4. The van der Waals surface area contributed by atoms with Gasteiger partial charge in [-0.1, -0.05) is 11.6 Å². The van der Waals surface area contributed by atoms with E-state index in [1.807, 2.05) is 0 Å². The first-order valence-corrected chi connectivity index (χ1v) is 5.06. The van der Waals surface area contributed by atoms with Crippen molar-refractivity contribution in [3.05, 3.63) is 47.1 Å². The van der Waals surface area contributed by atoms with Gasteiger partial charge in [-0.25, -0.2) is 4.39 Å². The molecule has 0 aliphatic carbocycles. The Kier molecular flexibility index (Phi) is 2.91. The van der Waals surface area contributed by atoms with Gasteiger partial charge in [0, 0.05) is 0 Å². The predicted octanol–water partition coefficient (Wildman–Crippen LogP) is 2.68. The van der Waals surface area contributed by atoms with E-state index >= 15 is 0 Å². The summed E-state index contributed by atoms with van der Waals surface area (Å²) in [7, 11) is 0. The molecule has 0 bridgehead atoms. The second-order valence-corrected chi connectivity index (χ2v) is 3.73. The van der Waals surface area contributed by atoms with Crippen LogP contribution in [0.5, 0.6) is 0 Å². The first kappa shape index (κ1) is 11.3. The Labute approximate surface area is 97.5 Å². The van der Waals surface area contributed by atoms with Crippen LogP contribution in [0.25, 0.3) is 0 Å². The molecule has 0 radical (unpaired) electrons. The number of carbonyl (C=O) groups excluding carboxylic acids is 1. The number of aryl methyl sites for hydroxylation is 2. The van der Waals surface area contributed by atoms with E-state index in [1.54, 1.807) is 19.9 Å². The molecule has 1 aromatic heterocycles. The molecular weight excluding hydrogens is 223 g/mol. The smallest absolute Gasteiger partial charge is 0.301 e. The van der Waals surface area contributed by atoms with Crippen LogP contribution in [0.3, 0.4) is 0 Å². The summed E-state index contributed by atoms with van der Waals surface area (Å²) < 4.78 is 18.4. The number of oxazole rings is 1. The molecule has 1 aromatic carbocycles. The molecule has 0 fully saturated rings.